The summed E-state index contributed by atoms with van der Waals surface area (Å²) in [6.45, 7) is 1.21. The van der Waals surface area contributed by atoms with Gasteiger partial charge < -0.3 is 24.3 Å². The molecule has 0 aliphatic heterocycles. The molecule has 2 aromatic rings. The van der Waals surface area contributed by atoms with Gasteiger partial charge in [0.15, 0.2) is 23.0 Å². The molecule has 0 aliphatic carbocycles. The first-order valence-electron chi connectivity index (χ1n) is 8.80. The molecule has 31 heavy (non-hydrogen) atoms. The number of ether oxygens (including phenoxy) is 4. The van der Waals surface area contributed by atoms with Crippen molar-refractivity contribution in [2.75, 3.05) is 33.8 Å². The van der Waals surface area contributed by atoms with Gasteiger partial charge in [-0.1, -0.05) is 23.2 Å². The lowest BCUT2D eigenvalue weighted by Gasteiger charge is -2.15. The van der Waals surface area contributed by atoms with E-state index in [0.29, 0.717) is 10.8 Å². The first kappa shape index (κ1) is 24.2. The van der Waals surface area contributed by atoms with Crippen LogP contribution in [0.25, 0.3) is 0 Å². The summed E-state index contributed by atoms with van der Waals surface area (Å²) in [5.74, 6) is -0.0980. The number of nitrogens with one attached hydrogen (secondary N) is 1. The highest BCUT2D eigenvalue weighted by molar-refractivity contribution is 6.34. The minimum Gasteiger partial charge on any atom is -0.497 e. The van der Waals surface area contributed by atoms with E-state index in [9.17, 15) is 9.59 Å². The number of carbonyl (C=O) groups excluding carboxylic acids is 2. The molecule has 0 aliphatic rings. The molecular weight excluding hydrogens is 449 g/mol. The number of benzene rings is 2. The summed E-state index contributed by atoms with van der Waals surface area (Å²) in [6.07, 6.45) is 0. The quantitative estimate of drug-likeness (QED) is 0.420. The van der Waals surface area contributed by atoms with Crippen molar-refractivity contribution in [2.45, 2.75) is 13.0 Å². The van der Waals surface area contributed by atoms with Crippen LogP contribution in [-0.2, 0) is 9.59 Å². The van der Waals surface area contributed by atoms with Crippen molar-refractivity contribution in [1.82, 2.24) is 0 Å². The molecule has 11 heteroatoms. The monoisotopic (exact) mass is 469 g/mol. The standard InChI is InChI=1S/C20H21Cl2N3O6/c1-10(26)17(24-25-19-14(29-3)6-11(21)7-15(19)30-4)20(27)23-18-13(22)8-12(28-2)9-16(18)31-5/h6-9,17H,1-5H3,(H,23,27). The topological polar surface area (TPSA) is 108 Å². The summed E-state index contributed by atoms with van der Waals surface area (Å²) in [5, 5.41) is 11.0. The van der Waals surface area contributed by atoms with Gasteiger partial charge in [-0.3, -0.25) is 9.59 Å². The molecule has 1 N–H and O–H groups in total. The van der Waals surface area contributed by atoms with Gasteiger partial charge >= 0.3 is 0 Å². The molecule has 1 atom stereocenters. The molecule has 9 nitrogen and oxygen atoms in total. The van der Waals surface area contributed by atoms with E-state index in [1.807, 2.05) is 0 Å². The van der Waals surface area contributed by atoms with Crippen molar-refractivity contribution in [3.63, 3.8) is 0 Å². The fraction of sp³-hybridized carbons (Fsp3) is 0.300. The maximum absolute atomic E-state index is 12.8. The van der Waals surface area contributed by atoms with Gasteiger partial charge in [0, 0.05) is 29.3 Å². The molecule has 0 fully saturated rings. The van der Waals surface area contributed by atoms with Crippen LogP contribution in [0.4, 0.5) is 11.4 Å². The van der Waals surface area contributed by atoms with Crippen LogP contribution < -0.4 is 24.3 Å². The Bertz CT molecular complexity index is 988. The Morgan fingerprint density at radius 2 is 1.48 bits per heavy atom. The number of azo groups is 1. The number of hydrogen-bond acceptors (Lipinski definition) is 8. The number of carbonyl (C=O) groups is 2. The lowest BCUT2D eigenvalue weighted by molar-refractivity contribution is -0.126. The van der Waals surface area contributed by atoms with E-state index in [1.54, 1.807) is 0 Å². The van der Waals surface area contributed by atoms with E-state index in [2.05, 4.69) is 15.5 Å². The number of rotatable bonds is 9. The molecule has 0 spiro atoms. The summed E-state index contributed by atoms with van der Waals surface area (Å²) < 4.78 is 20.8. The van der Waals surface area contributed by atoms with Crippen molar-refractivity contribution < 1.29 is 28.5 Å². The summed E-state index contributed by atoms with van der Waals surface area (Å²) in [4.78, 5) is 24.9. The predicted molar refractivity (Wildman–Crippen MR) is 117 cm³/mol. The van der Waals surface area contributed by atoms with Gasteiger partial charge in [-0.15, -0.1) is 5.11 Å². The third-order valence-corrected chi connectivity index (χ3v) is 4.60. The van der Waals surface area contributed by atoms with Gasteiger partial charge in [0.05, 0.1) is 33.5 Å². The number of anilines is 1. The summed E-state index contributed by atoms with van der Waals surface area (Å²) in [5.41, 5.74) is 0.339. The van der Waals surface area contributed by atoms with Crippen molar-refractivity contribution in [1.29, 1.82) is 0 Å². The smallest absolute Gasteiger partial charge is 0.258 e. The molecule has 1 unspecified atom stereocenters. The van der Waals surface area contributed by atoms with Crippen molar-refractivity contribution >= 4 is 46.3 Å². The van der Waals surface area contributed by atoms with Crippen LogP contribution in [0.3, 0.4) is 0 Å². The summed E-state index contributed by atoms with van der Waals surface area (Å²) >= 11 is 12.2. The van der Waals surface area contributed by atoms with Crippen LogP contribution in [0.15, 0.2) is 34.5 Å². The molecule has 0 heterocycles. The third kappa shape index (κ3) is 5.77. The lowest BCUT2D eigenvalue weighted by atomic mass is 10.2. The lowest BCUT2D eigenvalue weighted by Crippen LogP contribution is -2.32. The highest BCUT2D eigenvalue weighted by atomic mass is 35.5. The highest BCUT2D eigenvalue weighted by Crippen LogP contribution is 2.41. The second-order valence-corrected chi connectivity index (χ2v) is 6.91. The van der Waals surface area contributed by atoms with E-state index in [-0.39, 0.29) is 33.6 Å². The summed E-state index contributed by atoms with van der Waals surface area (Å²) in [6, 6.07) is 4.57. The Kier molecular flexibility index (Phi) is 8.47. The van der Waals surface area contributed by atoms with Crippen LogP contribution in [0, 0.1) is 0 Å². The second kappa shape index (κ2) is 10.8. The van der Waals surface area contributed by atoms with E-state index >= 15 is 0 Å². The summed E-state index contributed by atoms with van der Waals surface area (Å²) in [7, 11) is 5.70. The van der Waals surface area contributed by atoms with E-state index in [4.69, 9.17) is 42.1 Å². The average molecular weight is 470 g/mol. The maximum atomic E-state index is 12.8. The van der Waals surface area contributed by atoms with Gasteiger partial charge in [0.1, 0.15) is 17.2 Å². The molecule has 0 bridgehead atoms. The van der Waals surface area contributed by atoms with Gasteiger partial charge in [0.25, 0.3) is 5.91 Å². The highest BCUT2D eigenvalue weighted by Gasteiger charge is 2.26. The zero-order valence-electron chi connectivity index (χ0n) is 17.5. The zero-order chi connectivity index (χ0) is 23.1. The molecule has 0 saturated heterocycles. The Hall–Kier alpha value is -3.04. The van der Waals surface area contributed by atoms with Gasteiger partial charge in [-0.2, -0.15) is 5.11 Å². The van der Waals surface area contributed by atoms with Crippen LogP contribution in [0.1, 0.15) is 6.92 Å². The molecule has 1 amide bonds. The number of Topliss-reactive ketones (excluding diaryl/α,β-unsaturated/α-hetero) is 1. The van der Waals surface area contributed by atoms with Crippen molar-refractivity contribution in [3.05, 3.63) is 34.3 Å². The number of hydrogen-bond donors (Lipinski definition) is 1. The SMILES string of the molecule is COc1cc(Cl)c(NC(=O)C(N=Nc2c(OC)cc(Cl)cc2OC)C(C)=O)c(OC)c1. The van der Waals surface area contributed by atoms with Gasteiger partial charge in [0.2, 0.25) is 6.04 Å². The number of halogens is 2. The molecule has 0 radical (unpaired) electrons. The first-order chi connectivity index (χ1) is 14.7. The van der Waals surface area contributed by atoms with E-state index in [1.165, 1.54) is 59.6 Å². The van der Waals surface area contributed by atoms with Crippen LogP contribution in [0.5, 0.6) is 23.0 Å². The molecular formula is C20H21Cl2N3O6. The normalized spacial score (nSPS) is 11.7. The minimum atomic E-state index is -1.46. The van der Waals surface area contributed by atoms with E-state index < -0.39 is 17.7 Å². The minimum absolute atomic E-state index is 0.157. The second-order valence-electron chi connectivity index (χ2n) is 6.06. The first-order valence-corrected chi connectivity index (χ1v) is 9.56. The van der Waals surface area contributed by atoms with Crippen LogP contribution in [0.2, 0.25) is 10.0 Å². The number of nitrogens with zero attached hydrogens (tertiary/aromatic N) is 2. The molecule has 2 rings (SSSR count). The van der Waals surface area contributed by atoms with Crippen LogP contribution >= 0.6 is 23.2 Å². The van der Waals surface area contributed by atoms with Crippen molar-refractivity contribution in [3.8, 4) is 23.0 Å². The predicted octanol–water partition coefficient (Wildman–Crippen LogP) is 4.71. The van der Waals surface area contributed by atoms with Gasteiger partial charge in [-0.25, -0.2) is 0 Å². The Morgan fingerprint density at radius 1 is 0.903 bits per heavy atom. The molecule has 0 aromatic heterocycles. The maximum Gasteiger partial charge on any atom is 0.258 e. The molecule has 2 aromatic carbocycles. The Labute approximate surface area is 189 Å². The molecule has 166 valence electrons. The number of ketones is 1. The zero-order valence-corrected chi connectivity index (χ0v) is 19.0. The molecule has 0 saturated carbocycles. The van der Waals surface area contributed by atoms with Crippen molar-refractivity contribution in [2.24, 2.45) is 10.2 Å². The Morgan fingerprint density at radius 3 is 1.97 bits per heavy atom. The number of amides is 1. The number of methoxy groups -OCH3 is 4. The average Bonchev–Trinajstić information content (AvgIpc) is 2.74. The van der Waals surface area contributed by atoms with Crippen LogP contribution in [-0.4, -0.2) is 46.2 Å². The fourth-order valence-electron chi connectivity index (χ4n) is 2.54. The van der Waals surface area contributed by atoms with E-state index in [0.717, 1.165) is 0 Å². The fourth-order valence-corrected chi connectivity index (χ4v) is 2.99. The largest absolute Gasteiger partial charge is 0.497 e. The Balaban J connectivity index is 2.39. The third-order valence-electron chi connectivity index (χ3n) is 4.08. The van der Waals surface area contributed by atoms with Gasteiger partial charge in [-0.05, 0) is 6.92 Å².